The molecule has 1 amide bonds. The summed E-state index contributed by atoms with van der Waals surface area (Å²) in [7, 11) is -3.24. The molecule has 1 atom stereocenters. The number of hydrogen-bond acceptors (Lipinski definition) is 6. The van der Waals surface area contributed by atoms with Crippen molar-refractivity contribution in [1.29, 1.82) is 0 Å². The van der Waals surface area contributed by atoms with Gasteiger partial charge in [0.15, 0.2) is 5.82 Å². The zero-order valence-corrected chi connectivity index (χ0v) is 18.1. The Hall–Kier alpha value is -2.56. The van der Waals surface area contributed by atoms with E-state index in [1.807, 2.05) is 18.7 Å². The monoisotopic (exact) mass is 435 g/mol. The van der Waals surface area contributed by atoms with Crippen LogP contribution in [0.3, 0.4) is 0 Å². The molecule has 1 fully saturated rings. The first kappa shape index (κ1) is 22.1. The molecule has 1 aliphatic rings. The van der Waals surface area contributed by atoms with E-state index in [0.29, 0.717) is 43.8 Å². The molecule has 1 aliphatic heterocycles. The highest BCUT2D eigenvalue weighted by atomic mass is 32.2. The van der Waals surface area contributed by atoms with E-state index in [1.165, 1.54) is 21.8 Å². The minimum atomic E-state index is -3.24. The maximum atomic E-state index is 15.1. The van der Waals surface area contributed by atoms with Gasteiger partial charge in [0.25, 0.3) is 0 Å². The first-order valence-corrected chi connectivity index (χ1v) is 11.4. The molecular formula is C20H26FN5O3S. The van der Waals surface area contributed by atoms with E-state index in [4.69, 9.17) is 0 Å². The van der Waals surface area contributed by atoms with Crippen molar-refractivity contribution in [3.05, 3.63) is 53.6 Å². The van der Waals surface area contributed by atoms with E-state index in [-0.39, 0.29) is 11.7 Å². The summed E-state index contributed by atoms with van der Waals surface area (Å²) >= 11 is 0. The summed E-state index contributed by atoms with van der Waals surface area (Å²) in [6.07, 6.45) is 3.29. The molecule has 30 heavy (non-hydrogen) atoms. The lowest BCUT2D eigenvalue weighted by molar-refractivity contribution is -0.107. The minimum absolute atomic E-state index is 0.0467. The van der Waals surface area contributed by atoms with Crippen molar-refractivity contribution in [2.45, 2.75) is 26.4 Å². The van der Waals surface area contributed by atoms with Crippen LogP contribution in [-0.4, -0.2) is 60.9 Å². The van der Waals surface area contributed by atoms with Crippen LogP contribution >= 0.6 is 0 Å². The number of piperazine rings is 1. The van der Waals surface area contributed by atoms with E-state index in [0.717, 1.165) is 5.69 Å². The Bertz CT molecular complexity index is 1000. The van der Waals surface area contributed by atoms with Crippen LogP contribution in [0.1, 0.15) is 18.2 Å². The molecule has 162 valence electrons. The van der Waals surface area contributed by atoms with Crippen molar-refractivity contribution in [3.8, 4) is 0 Å². The molecule has 3 rings (SSSR count). The van der Waals surface area contributed by atoms with Crippen LogP contribution in [0.4, 0.5) is 15.8 Å². The summed E-state index contributed by atoms with van der Waals surface area (Å²) < 4.78 is 40.1. The molecule has 1 aromatic heterocycles. The molecule has 8 nitrogen and oxygen atoms in total. The summed E-state index contributed by atoms with van der Waals surface area (Å²) in [6.45, 7) is 5.37. The van der Waals surface area contributed by atoms with Gasteiger partial charge in [-0.2, -0.15) is 4.31 Å². The molecule has 0 radical (unpaired) electrons. The van der Waals surface area contributed by atoms with Crippen LogP contribution in [0.25, 0.3) is 0 Å². The number of sulfonamides is 1. The highest BCUT2D eigenvalue weighted by Crippen LogP contribution is 2.23. The second kappa shape index (κ2) is 9.07. The lowest BCUT2D eigenvalue weighted by atomic mass is 10.1. The van der Waals surface area contributed by atoms with Gasteiger partial charge >= 0.3 is 0 Å². The van der Waals surface area contributed by atoms with Gasteiger partial charge in [-0.1, -0.05) is 12.1 Å². The maximum absolute atomic E-state index is 15.1. The fraction of sp³-hybridized carbons (Fsp3) is 0.400. The third-order valence-electron chi connectivity index (χ3n) is 5.17. The number of aryl methyl sites for hydroxylation is 1. The van der Waals surface area contributed by atoms with Gasteiger partial charge in [-0.15, -0.1) is 0 Å². The summed E-state index contributed by atoms with van der Waals surface area (Å²) in [5.74, 6) is -0.456. The van der Waals surface area contributed by atoms with E-state index in [2.05, 4.69) is 10.4 Å². The zero-order chi connectivity index (χ0) is 21.9. The molecule has 10 heteroatoms. The average Bonchev–Trinajstić information content (AvgIpc) is 2.70. The SMILES string of the molecule is Cc1ccc(N(C=O)Nc2cccc(CN3CCN(S(C)(=O)=O)C[C@@H]3C)c2F)cn1. The Morgan fingerprint density at radius 1 is 1.30 bits per heavy atom. The molecule has 0 aliphatic carbocycles. The number of benzene rings is 1. The fourth-order valence-corrected chi connectivity index (χ4v) is 4.29. The highest BCUT2D eigenvalue weighted by Gasteiger charge is 2.29. The summed E-state index contributed by atoms with van der Waals surface area (Å²) in [4.78, 5) is 17.7. The Kier molecular flexibility index (Phi) is 6.69. The Morgan fingerprint density at radius 3 is 2.67 bits per heavy atom. The smallest absolute Gasteiger partial charge is 0.232 e. The van der Waals surface area contributed by atoms with Crippen LogP contribution in [0.2, 0.25) is 0 Å². The topological polar surface area (TPSA) is 85.9 Å². The quantitative estimate of drug-likeness (QED) is 0.529. The third-order valence-corrected chi connectivity index (χ3v) is 6.44. The van der Waals surface area contributed by atoms with Crippen molar-refractivity contribution in [2.24, 2.45) is 0 Å². The molecule has 0 unspecified atom stereocenters. The molecule has 0 bridgehead atoms. The highest BCUT2D eigenvalue weighted by molar-refractivity contribution is 7.88. The largest absolute Gasteiger partial charge is 0.294 e. The fourth-order valence-electron chi connectivity index (χ4n) is 3.39. The molecule has 1 saturated heterocycles. The number of rotatable bonds is 7. The molecule has 0 spiro atoms. The van der Waals surface area contributed by atoms with Crippen molar-refractivity contribution >= 4 is 27.8 Å². The van der Waals surface area contributed by atoms with Crippen LogP contribution in [0.5, 0.6) is 0 Å². The number of hydrazine groups is 1. The average molecular weight is 436 g/mol. The van der Waals surface area contributed by atoms with Gasteiger partial charge in [-0.25, -0.2) is 17.8 Å². The van der Waals surface area contributed by atoms with Crippen LogP contribution < -0.4 is 10.4 Å². The van der Waals surface area contributed by atoms with E-state index < -0.39 is 15.8 Å². The second-order valence-electron chi connectivity index (χ2n) is 7.46. The van der Waals surface area contributed by atoms with Gasteiger partial charge in [0.2, 0.25) is 16.4 Å². The Labute approximate surface area is 176 Å². The molecule has 0 saturated carbocycles. The number of anilines is 2. The standard InChI is InChI=1S/C20H26FN5O3S/c1-15-7-8-18(11-22-15)26(14-27)23-19-6-4-5-17(20(19)21)13-24-9-10-25(12-16(24)2)30(3,28)29/h4-8,11,14,16,23H,9-10,12-13H2,1-3H3/t16-/m0/s1. The van der Waals surface area contributed by atoms with Crippen molar-refractivity contribution in [2.75, 3.05) is 36.3 Å². The molecule has 2 heterocycles. The Morgan fingerprint density at radius 2 is 2.07 bits per heavy atom. The van der Waals surface area contributed by atoms with Crippen LogP contribution in [-0.2, 0) is 21.4 Å². The van der Waals surface area contributed by atoms with Gasteiger partial charge < -0.3 is 0 Å². The van der Waals surface area contributed by atoms with Gasteiger partial charge in [0, 0.05) is 43.5 Å². The number of carbonyl (C=O) groups is 1. The van der Waals surface area contributed by atoms with Crippen LogP contribution in [0, 0.1) is 12.7 Å². The van der Waals surface area contributed by atoms with Gasteiger partial charge in [-0.3, -0.25) is 20.1 Å². The minimum Gasteiger partial charge on any atom is -0.294 e. The number of aromatic nitrogens is 1. The van der Waals surface area contributed by atoms with Gasteiger partial charge in [0.1, 0.15) is 0 Å². The number of pyridine rings is 1. The van der Waals surface area contributed by atoms with Crippen LogP contribution in [0.15, 0.2) is 36.5 Å². The first-order chi connectivity index (χ1) is 14.2. The van der Waals surface area contributed by atoms with Crippen molar-refractivity contribution in [3.63, 3.8) is 0 Å². The summed E-state index contributed by atoms with van der Waals surface area (Å²) in [5.41, 5.74) is 4.73. The number of nitrogens with zero attached hydrogens (tertiary/aromatic N) is 4. The normalized spacial score (nSPS) is 18.2. The summed E-state index contributed by atoms with van der Waals surface area (Å²) in [6, 6.07) is 8.40. The van der Waals surface area contributed by atoms with Gasteiger partial charge in [0.05, 0.1) is 23.8 Å². The number of hydrogen-bond donors (Lipinski definition) is 1. The predicted molar refractivity (Wildman–Crippen MR) is 114 cm³/mol. The molecular weight excluding hydrogens is 409 g/mol. The number of carbonyl (C=O) groups excluding carboxylic acids is 1. The number of halogens is 1. The first-order valence-electron chi connectivity index (χ1n) is 9.59. The molecule has 1 N–H and O–H groups in total. The lowest BCUT2D eigenvalue weighted by Gasteiger charge is -2.38. The molecule has 2 aromatic rings. The predicted octanol–water partition coefficient (Wildman–Crippen LogP) is 1.98. The van der Waals surface area contributed by atoms with Gasteiger partial charge in [-0.05, 0) is 32.0 Å². The van der Waals surface area contributed by atoms with Crippen molar-refractivity contribution in [1.82, 2.24) is 14.2 Å². The third kappa shape index (κ3) is 5.13. The Balaban J connectivity index is 1.73. The second-order valence-corrected chi connectivity index (χ2v) is 9.45. The summed E-state index contributed by atoms with van der Waals surface area (Å²) in [5, 5.41) is 1.17. The maximum Gasteiger partial charge on any atom is 0.232 e. The van der Waals surface area contributed by atoms with Crippen molar-refractivity contribution < 1.29 is 17.6 Å². The van der Waals surface area contributed by atoms with E-state index in [1.54, 1.807) is 30.3 Å². The lowest BCUT2D eigenvalue weighted by Crippen LogP contribution is -2.52. The van der Waals surface area contributed by atoms with E-state index in [9.17, 15) is 13.2 Å². The number of amides is 1. The molecule has 1 aromatic carbocycles. The zero-order valence-electron chi connectivity index (χ0n) is 17.2. The number of nitrogens with one attached hydrogen (secondary N) is 1. The van der Waals surface area contributed by atoms with E-state index >= 15 is 4.39 Å².